The summed E-state index contributed by atoms with van der Waals surface area (Å²) in [6, 6.07) is 0. The van der Waals surface area contributed by atoms with Gasteiger partial charge in [0, 0.05) is 5.41 Å². The maximum absolute atomic E-state index is 11.1. The van der Waals surface area contributed by atoms with Gasteiger partial charge in [0.15, 0.2) is 0 Å². The van der Waals surface area contributed by atoms with E-state index in [4.69, 9.17) is 0 Å². The van der Waals surface area contributed by atoms with Crippen molar-refractivity contribution in [1.29, 1.82) is 0 Å². The molecule has 1 nitrogen and oxygen atoms in total. The van der Waals surface area contributed by atoms with E-state index in [1.54, 1.807) is 0 Å². The Hall–Kier alpha value is -0.330. The zero-order valence-corrected chi connectivity index (χ0v) is 8.26. The van der Waals surface area contributed by atoms with Crippen LogP contribution < -0.4 is 0 Å². The van der Waals surface area contributed by atoms with Gasteiger partial charge in [-0.3, -0.25) is 0 Å². The zero-order valence-electron chi connectivity index (χ0n) is 8.26. The van der Waals surface area contributed by atoms with E-state index >= 15 is 0 Å². The highest BCUT2D eigenvalue weighted by molar-refractivity contribution is 5.68. The first kappa shape index (κ1) is 8.28. The molecule has 2 aliphatic rings. The largest absolute Gasteiger partial charge is 0.303 e. The van der Waals surface area contributed by atoms with Gasteiger partial charge < -0.3 is 4.79 Å². The van der Waals surface area contributed by atoms with E-state index < -0.39 is 0 Å². The van der Waals surface area contributed by atoms with Crippen molar-refractivity contribution in [2.45, 2.75) is 40.0 Å². The Morgan fingerprint density at radius 1 is 1.58 bits per heavy atom. The molecule has 0 spiro atoms. The summed E-state index contributed by atoms with van der Waals surface area (Å²) < 4.78 is 0. The summed E-state index contributed by atoms with van der Waals surface area (Å²) in [4.78, 5) is 11.1. The second-order valence-electron chi connectivity index (χ2n) is 4.97. The highest BCUT2D eigenvalue weighted by Gasteiger charge is 2.70. The molecule has 4 unspecified atom stereocenters. The smallest absolute Gasteiger partial charge is 0.126 e. The van der Waals surface area contributed by atoms with Gasteiger partial charge in [-0.2, -0.15) is 0 Å². The first-order chi connectivity index (χ1) is 5.60. The fourth-order valence-corrected chi connectivity index (χ4v) is 3.44. The molecular formula is C11H18O. The van der Waals surface area contributed by atoms with Crippen LogP contribution in [0.25, 0.3) is 0 Å². The SMILES string of the molecule is CCC1(C)C(C)CC2CC21C=O. The van der Waals surface area contributed by atoms with Gasteiger partial charge in [-0.1, -0.05) is 20.8 Å². The molecule has 0 N–H and O–H groups in total. The van der Waals surface area contributed by atoms with Crippen LogP contribution in [-0.4, -0.2) is 6.29 Å². The van der Waals surface area contributed by atoms with Crippen LogP contribution in [0.5, 0.6) is 0 Å². The fraction of sp³-hybridized carbons (Fsp3) is 0.909. The number of rotatable bonds is 2. The van der Waals surface area contributed by atoms with E-state index in [1.165, 1.54) is 19.1 Å². The molecule has 0 aromatic heterocycles. The molecule has 68 valence electrons. The minimum atomic E-state index is 0.0984. The van der Waals surface area contributed by atoms with E-state index in [-0.39, 0.29) is 5.41 Å². The average molecular weight is 166 g/mol. The van der Waals surface area contributed by atoms with Crippen LogP contribution in [0.3, 0.4) is 0 Å². The maximum atomic E-state index is 11.1. The molecule has 4 atom stereocenters. The van der Waals surface area contributed by atoms with Crippen molar-refractivity contribution in [2.24, 2.45) is 22.7 Å². The second-order valence-corrected chi connectivity index (χ2v) is 4.97. The molecule has 0 heterocycles. The van der Waals surface area contributed by atoms with Crippen molar-refractivity contribution in [2.75, 3.05) is 0 Å². The lowest BCUT2D eigenvalue weighted by Crippen LogP contribution is -2.32. The predicted molar refractivity (Wildman–Crippen MR) is 48.8 cm³/mol. The zero-order chi connectivity index (χ0) is 8.98. The third kappa shape index (κ3) is 0.641. The molecule has 0 saturated heterocycles. The van der Waals surface area contributed by atoms with Crippen LogP contribution >= 0.6 is 0 Å². The van der Waals surface area contributed by atoms with E-state index in [0.29, 0.717) is 5.41 Å². The summed E-state index contributed by atoms with van der Waals surface area (Å²) in [5.74, 6) is 1.47. The number of aldehydes is 1. The van der Waals surface area contributed by atoms with Gasteiger partial charge in [-0.15, -0.1) is 0 Å². The molecule has 0 aromatic carbocycles. The number of hydrogen-bond donors (Lipinski definition) is 0. The van der Waals surface area contributed by atoms with Crippen LogP contribution in [0.1, 0.15) is 40.0 Å². The Bertz CT molecular complexity index is 223. The standard InChI is InChI=1S/C11H18O/c1-4-10(3)8(2)5-9-6-11(9,10)7-12/h7-9H,4-6H2,1-3H3. The van der Waals surface area contributed by atoms with Gasteiger partial charge >= 0.3 is 0 Å². The Kier molecular flexibility index (Phi) is 1.47. The topological polar surface area (TPSA) is 17.1 Å². The van der Waals surface area contributed by atoms with Crippen LogP contribution in [-0.2, 0) is 4.79 Å². The van der Waals surface area contributed by atoms with Crippen molar-refractivity contribution >= 4 is 6.29 Å². The summed E-state index contributed by atoms with van der Waals surface area (Å²) in [5, 5.41) is 0. The molecule has 2 fully saturated rings. The van der Waals surface area contributed by atoms with Crippen LogP contribution in [0.4, 0.5) is 0 Å². The van der Waals surface area contributed by atoms with Crippen molar-refractivity contribution in [3.8, 4) is 0 Å². The van der Waals surface area contributed by atoms with Crippen molar-refractivity contribution in [3.05, 3.63) is 0 Å². The molecule has 12 heavy (non-hydrogen) atoms. The molecule has 0 aliphatic heterocycles. The van der Waals surface area contributed by atoms with Gasteiger partial charge in [0.1, 0.15) is 6.29 Å². The van der Waals surface area contributed by atoms with Crippen LogP contribution in [0.15, 0.2) is 0 Å². The lowest BCUT2D eigenvalue weighted by atomic mass is 9.68. The molecule has 0 bridgehead atoms. The lowest BCUT2D eigenvalue weighted by Gasteiger charge is -2.35. The van der Waals surface area contributed by atoms with E-state index in [0.717, 1.165) is 18.3 Å². The summed E-state index contributed by atoms with van der Waals surface area (Å²) in [6.07, 6.45) is 4.86. The van der Waals surface area contributed by atoms with Crippen LogP contribution in [0, 0.1) is 22.7 Å². The third-order valence-electron chi connectivity index (χ3n) is 4.89. The van der Waals surface area contributed by atoms with E-state index in [9.17, 15) is 4.79 Å². The molecule has 0 amide bonds. The number of fused-ring (bicyclic) bond motifs is 1. The molecule has 1 heteroatoms. The summed E-state index contributed by atoms with van der Waals surface area (Å²) in [6.45, 7) is 6.84. The molecule has 2 aliphatic carbocycles. The van der Waals surface area contributed by atoms with Gasteiger partial charge in [0.05, 0.1) is 0 Å². The molecule has 2 rings (SSSR count). The normalized spacial score (nSPS) is 56.6. The molecule has 0 radical (unpaired) electrons. The van der Waals surface area contributed by atoms with Gasteiger partial charge in [0.2, 0.25) is 0 Å². The van der Waals surface area contributed by atoms with E-state index in [1.807, 2.05) is 0 Å². The van der Waals surface area contributed by atoms with Crippen molar-refractivity contribution < 1.29 is 4.79 Å². The summed E-state index contributed by atoms with van der Waals surface area (Å²) in [5.41, 5.74) is 0.403. The lowest BCUT2D eigenvalue weighted by molar-refractivity contribution is -0.116. The Morgan fingerprint density at radius 3 is 2.67 bits per heavy atom. The highest BCUT2D eigenvalue weighted by atomic mass is 16.1. The number of carbonyl (C=O) groups excluding carboxylic acids is 1. The van der Waals surface area contributed by atoms with Crippen LogP contribution in [0.2, 0.25) is 0 Å². The van der Waals surface area contributed by atoms with Gasteiger partial charge in [0.25, 0.3) is 0 Å². The fourth-order valence-electron chi connectivity index (χ4n) is 3.44. The first-order valence-electron chi connectivity index (χ1n) is 5.07. The van der Waals surface area contributed by atoms with Crippen molar-refractivity contribution in [1.82, 2.24) is 0 Å². The summed E-state index contributed by atoms with van der Waals surface area (Å²) >= 11 is 0. The average Bonchev–Trinajstić information content (AvgIpc) is 2.73. The Labute approximate surface area is 74.5 Å². The predicted octanol–water partition coefficient (Wildman–Crippen LogP) is 2.65. The molecule has 2 saturated carbocycles. The minimum absolute atomic E-state index is 0.0984. The number of hydrogen-bond acceptors (Lipinski definition) is 1. The second kappa shape index (κ2) is 2.12. The van der Waals surface area contributed by atoms with E-state index in [2.05, 4.69) is 20.8 Å². The third-order valence-corrected chi connectivity index (χ3v) is 4.89. The van der Waals surface area contributed by atoms with Gasteiger partial charge in [-0.25, -0.2) is 0 Å². The van der Waals surface area contributed by atoms with Gasteiger partial charge in [-0.05, 0) is 36.5 Å². The minimum Gasteiger partial charge on any atom is -0.303 e. The molecule has 0 aromatic rings. The van der Waals surface area contributed by atoms with Crippen molar-refractivity contribution in [3.63, 3.8) is 0 Å². The monoisotopic (exact) mass is 166 g/mol. The summed E-state index contributed by atoms with van der Waals surface area (Å²) in [7, 11) is 0. The first-order valence-corrected chi connectivity index (χ1v) is 5.07. The quantitative estimate of drug-likeness (QED) is 0.576. The Morgan fingerprint density at radius 2 is 2.25 bits per heavy atom. The molecular weight excluding hydrogens is 148 g/mol. The Balaban J connectivity index is 2.34. The highest BCUT2D eigenvalue weighted by Crippen LogP contribution is 2.74. The maximum Gasteiger partial charge on any atom is 0.126 e. The number of carbonyl (C=O) groups is 1.